The molecule has 0 saturated carbocycles. The molecule has 1 fully saturated rings. The lowest BCUT2D eigenvalue weighted by Crippen LogP contribution is -2.47. The van der Waals surface area contributed by atoms with E-state index >= 15 is 0 Å². The van der Waals surface area contributed by atoms with Crippen LogP contribution in [0.25, 0.3) is 22.6 Å². The largest absolute Gasteiger partial charge is 0.340 e. The summed E-state index contributed by atoms with van der Waals surface area (Å²) in [6, 6.07) is 13.2. The zero-order valence-corrected chi connectivity index (χ0v) is 16.3. The van der Waals surface area contributed by atoms with Crippen LogP contribution in [0.15, 0.2) is 59.7 Å². The lowest BCUT2D eigenvalue weighted by atomic mass is 10.1. The number of nitrogens with zero attached hydrogens (tertiary/aromatic N) is 4. The smallest absolute Gasteiger partial charge is 0.251 e. The second-order valence-electron chi connectivity index (χ2n) is 7.19. The molecule has 1 aliphatic rings. The van der Waals surface area contributed by atoms with Gasteiger partial charge in [0.15, 0.2) is 0 Å². The number of carbonyl (C=O) groups is 1. The van der Waals surface area contributed by atoms with E-state index in [0.717, 1.165) is 43.9 Å². The molecule has 7 nitrogen and oxygen atoms in total. The van der Waals surface area contributed by atoms with Crippen molar-refractivity contribution < 1.29 is 4.79 Å². The molecule has 148 valence electrons. The first-order chi connectivity index (χ1) is 14.1. The summed E-state index contributed by atoms with van der Waals surface area (Å²) < 4.78 is 0. The van der Waals surface area contributed by atoms with Crippen molar-refractivity contribution in [1.82, 2.24) is 24.8 Å². The van der Waals surface area contributed by atoms with Crippen molar-refractivity contribution in [2.24, 2.45) is 0 Å². The molecule has 3 aromatic rings. The van der Waals surface area contributed by atoms with Crippen LogP contribution in [0, 0.1) is 0 Å². The van der Waals surface area contributed by atoms with E-state index in [1.54, 1.807) is 19.3 Å². The van der Waals surface area contributed by atoms with E-state index in [0.29, 0.717) is 11.5 Å². The number of carbonyl (C=O) groups excluding carboxylic acids is 1. The highest BCUT2D eigenvalue weighted by molar-refractivity contribution is 5.73. The molecule has 0 unspecified atom stereocenters. The molecule has 1 aromatic carbocycles. The summed E-state index contributed by atoms with van der Waals surface area (Å²) >= 11 is 0. The maximum absolute atomic E-state index is 12.1. The third kappa shape index (κ3) is 4.57. The van der Waals surface area contributed by atoms with Gasteiger partial charge in [-0.2, -0.15) is 0 Å². The minimum absolute atomic E-state index is 0.143. The Hall–Kier alpha value is -3.32. The van der Waals surface area contributed by atoms with Gasteiger partial charge >= 0.3 is 0 Å². The van der Waals surface area contributed by atoms with Gasteiger partial charge < -0.3 is 9.88 Å². The monoisotopic (exact) mass is 389 g/mol. The molecular formula is C22H23N5O2. The predicted octanol–water partition coefficient (Wildman–Crippen LogP) is 2.16. The number of hydrogen-bond donors (Lipinski definition) is 1. The van der Waals surface area contributed by atoms with Crippen LogP contribution in [0.2, 0.25) is 0 Å². The molecule has 1 amide bonds. The fraction of sp³-hybridized carbons (Fsp3) is 0.273. The fourth-order valence-electron chi connectivity index (χ4n) is 3.51. The second kappa shape index (κ2) is 8.36. The summed E-state index contributed by atoms with van der Waals surface area (Å²) in [6.45, 7) is 5.78. The first kappa shape index (κ1) is 19.0. The van der Waals surface area contributed by atoms with Crippen LogP contribution in [0.1, 0.15) is 12.5 Å². The van der Waals surface area contributed by atoms with E-state index < -0.39 is 0 Å². The van der Waals surface area contributed by atoms with E-state index in [9.17, 15) is 9.59 Å². The summed E-state index contributed by atoms with van der Waals surface area (Å²) in [7, 11) is 0. The number of rotatable bonds is 4. The van der Waals surface area contributed by atoms with Crippen LogP contribution >= 0.6 is 0 Å². The molecule has 3 heterocycles. The molecule has 0 atom stereocenters. The van der Waals surface area contributed by atoms with Gasteiger partial charge in [0.05, 0.1) is 5.69 Å². The maximum atomic E-state index is 12.1. The number of H-pyrrole nitrogens is 1. The Balaban J connectivity index is 1.48. The molecule has 0 bridgehead atoms. The standard InChI is InChI=1S/C22H23N5O2/c1-16(28)27-12-10-26(11-13-27)15-17-2-4-19(5-3-17)22-24-20(14-21(29)25-22)18-6-8-23-9-7-18/h2-9,14H,10-13,15H2,1H3,(H,24,25,29). The van der Waals surface area contributed by atoms with Gasteiger partial charge in [-0.15, -0.1) is 0 Å². The quantitative estimate of drug-likeness (QED) is 0.739. The molecule has 2 aromatic heterocycles. The van der Waals surface area contributed by atoms with Gasteiger partial charge in [-0.1, -0.05) is 24.3 Å². The summed E-state index contributed by atoms with van der Waals surface area (Å²) in [5.41, 5.74) is 3.35. The Morgan fingerprint density at radius 1 is 1.00 bits per heavy atom. The average molecular weight is 389 g/mol. The minimum Gasteiger partial charge on any atom is -0.340 e. The first-order valence-electron chi connectivity index (χ1n) is 9.67. The summed E-state index contributed by atoms with van der Waals surface area (Å²) in [4.78, 5) is 39.2. The zero-order valence-electron chi connectivity index (χ0n) is 16.3. The SMILES string of the molecule is CC(=O)N1CCN(Cc2ccc(-c3nc(-c4ccncc4)cc(=O)[nH]3)cc2)CC1. The highest BCUT2D eigenvalue weighted by Gasteiger charge is 2.18. The number of amides is 1. The van der Waals surface area contributed by atoms with Crippen LogP contribution in [0.5, 0.6) is 0 Å². The molecular weight excluding hydrogens is 366 g/mol. The molecule has 1 saturated heterocycles. The van der Waals surface area contributed by atoms with Gasteiger partial charge in [-0.3, -0.25) is 19.5 Å². The molecule has 0 radical (unpaired) electrons. The van der Waals surface area contributed by atoms with Crippen molar-refractivity contribution in [1.29, 1.82) is 0 Å². The van der Waals surface area contributed by atoms with Gasteiger partial charge in [0.25, 0.3) is 5.56 Å². The van der Waals surface area contributed by atoms with E-state index in [2.05, 4.69) is 32.0 Å². The van der Waals surface area contributed by atoms with Crippen LogP contribution in [-0.4, -0.2) is 56.8 Å². The van der Waals surface area contributed by atoms with Crippen LogP contribution in [-0.2, 0) is 11.3 Å². The number of hydrogen-bond acceptors (Lipinski definition) is 5. The van der Waals surface area contributed by atoms with Crippen molar-refractivity contribution in [3.8, 4) is 22.6 Å². The van der Waals surface area contributed by atoms with Gasteiger partial charge in [0.1, 0.15) is 5.82 Å². The van der Waals surface area contributed by atoms with E-state index in [1.165, 1.54) is 11.6 Å². The zero-order chi connectivity index (χ0) is 20.2. The van der Waals surface area contributed by atoms with Crippen molar-refractivity contribution in [2.45, 2.75) is 13.5 Å². The first-order valence-corrected chi connectivity index (χ1v) is 9.67. The Bertz CT molecular complexity index is 1040. The normalized spacial score (nSPS) is 14.7. The lowest BCUT2D eigenvalue weighted by Gasteiger charge is -2.34. The number of pyridine rings is 1. The molecule has 1 N–H and O–H groups in total. The number of benzene rings is 1. The van der Waals surface area contributed by atoms with E-state index in [4.69, 9.17) is 0 Å². The molecule has 7 heteroatoms. The average Bonchev–Trinajstić information content (AvgIpc) is 2.75. The van der Waals surface area contributed by atoms with Crippen molar-refractivity contribution in [2.75, 3.05) is 26.2 Å². The van der Waals surface area contributed by atoms with Crippen LogP contribution in [0.3, 0.4) is 0 Å². The summed E-state index contributed by atoms with van der Waals surface area (Å²) in [5, 5.41) is 0. The van der Waals surface area contributed by atoms with Crippen LogP contribution in [0.4, 0.5) is 0 Å². The van der Waals surface area contributed by atoms with Gasteiger partial charge in [0, 0.05) is 69.2 Å². The van der Waals surface area contributed by atoms with Gasteiger partial charge in [0.2, 0.25) is 5.91 Å². The Kier molecular flexibility index (Phi) is 5.48. The maximum Gasteiger partial charge on any atom is 0.251 e. The topological polar surface area (TPSA) is 82.2 Å². The molecule has 0 spiro atoms. The number of nitrogens with one attached hydrogen (secondary N) is 1. The number of aromatic amines is 1. The van der Waals surface area contributed by atoms with Crippen molar-refractivity contribution in [3.05, 3.63) is 70.8 Å². The van der Waals surface area contributed by atoms with Crippen LogP contribution < -0.4 is 5.56 Å². The Morgan fingerprint density at radius 3 is 2.34 bits per heavy atom. The lowest BCUT2D eigenvalue weighted by molar-refractivity contribution is -0.130. The summed E-state index contributed by atoms with van der Waals surface area (Å²) in [5.74, 6) is 0.690. The third-order valence-electron chi connectivity index (χ3n) is 5.17. The van der Waals surface area contributed by atoms with E-state index in [1.807, 2.05) is 29.2 Å². The Morgan fingerprint density at radius 2 is 1.69 bits per heavy atom. The number of piperazine rings is 1. The minimum atomic E-state index is -0.186. The second-order valence-corrected chi connectivity index (χ2v) is 7.19. The highest BCUT2D eigenvalue weighted by atomic mass is 16.2. The predicted molar refractivity (Wildman–Crippen MR) is 111 cm³/mol. The van der Waals surface area contributed by atoms with Gasteiger partial charge in [-0.25, -0.2) is 4.98 Å². The van der Waals surface area contributed by atoms with E-state index in [-0.39, 0.29) is 11.5 Å². The van der Waals surface area contributed by atoms with Crippen molar-refractivity contribution in [3.63, 3.8) is 0 Å². The molecule has 1 aliphatic heterocycles. The van der Waals surface area contributed by atoms with Gasteiger partial charge in [-0.05, 0) is 17.7 Å². The van der Waals surface area contributed by atoms with Crippen molar-refractivity contribution >= 4 is 5.91 Å². The summed E-state index contributed by atoms with van der Waals surface area (Å²) in [6.07, 6.45) is 3.37. The molecule has 0 aliphatic carbocycles. The highest BCUT2D eigenvalue weighted by Crippen LogP contribution is 2.20. The number of aromatic nitrogens is 3. The fourth-order valence-corrected chi connectivity index (χ4v) is 3.51. The molecule has 29 heavy (non-hydrogen) atoms. The Labute approximate surface area is 169 Å². The molecule has 4 rings (SSSR count). The third-order valence-corrected chi connectivity index (χ3v) is 5.17.